The molecule has 0 bridgehead atoms. The zero-order chi connectivity index (χ0) is 9.10. The van der Waals surface area contributed by atoms with E-state index in [1.807, 2.05) is 4.90 Å². The zero-order valence-corrected chi connectivity index (χ0v) is 7.31. The highest BCUT2D eigenvalue weighted by Gasteiger charge is 2.19. The van der Waals surface area contributed by atoms with E-state index in [0.717, 1.165) is 25.9 Å². The van der Waals surface area contributed by atoms with Crippen molar-refractivity contribution in [1.82, 2.24) is 14.9 Å². The molecule has 1 aromatic heterocycles. The number of carbonyl (C=O) groups excluding carboxylic acids is 1. The van der Waals surface area contributed by atoms with Crippen molar-refractivity contribution in [3.05, 3.63) is 24.3 Å². The molecular formula is C9H11N3O. The fraction of sp³-hybridized carbons (Fsp3) is 0.444. The SMILES string of the molecule is O=C(c1cnccn1)N1CCCC1. The van der Waals surface area contributed by atoms with Crippen molar-refractivity contribution in [1.29, 1.82) is 0 Å². The van der Waals surface area contributed by atoms with Crippen molar-refractivity contribution in [2.75, 3.05) is 13.1 Å². The summed E-state index contributed by atoms with van der Waals surface area (Å²) in [4.78, 5) is 21.3. The second-order valence-electron chi connectivity index (χ2n) is 3.09. The predicted octanol–water partition coefficient (Wildman–Crippen LogP) is 0.713. The van der Waals surface area contributed by atoms with E-state index in [2.05, 4.69) is 9.97 Å². The van der Waals surface area contributed by atoms with Gasteiger partial charge in [-0.1, -0.05) is 0 Å². The highest BCUT2D eigenvalue weighted by molar-refractivity contribution is 5.92. The summed E-state index contributed by atoms with van der Waals surface area (Å²) in [5.41, 5.74) is 0.449. The van der Waals surface area contributed by atoms with Crippen LogP contribution in [-0.2, 0) is 0 Å². The minimum Gasteiger partial charge on any atom is -0.337 e. The van der Waals surface area contributed by atoms with Gasteiger partial charge in [0.1, 0.15) is 5.69 Å². The maximum atomic E-state index is 11.7. The number of likely N-dealkylation sites (tertiary alicyclic amines) is 1. The predicted molar refractivity (Wildman–Crippen MR) is 47.2 cm³/mol. The Morgan fingerprint density at radius 2 is 2.08 bits per heavy atom. The van der Waals surface area contributed by atoms with Gasteiger partial charge in [0.05, 0.1) is 6.20 Å². The van der Waals surface area contributed by atoms with Gasteiger partial charge in [0.2, 0.25) is 0 Å². The number of hydrogen-bond donors (Lipinski definition) is 0. The minimum absolute atomic E-state index is 0.00519. The zero-order valence-electron chi connectivity index (χ0n) is 7.31. The van der Waals surface area contributed by atoms with Gasteiger partial charge >= 0.3 is 0 Å². The quantitative estimate of drug-likeness (QED) is 0.634. The topological polar surface area (TPSA) is 46.1 Å². The van der Waals surface area contributed by atoms with E-state index in [-0.39, 0.29) is 5.91 Å². The van der Waals surface area contributed by atoms with E-state index in [9.17, 15) is 4.79 Å². The summed E-state index contributed by atoms with van der Waals surface area (Å²) >= 11 is 0. The van der Waals surface area contributed by atoms with E-state index in [0.29, 0.717) is 5.69 Å². The first-order valence-electron chi connectivity index (χ1n) is 4.43. The standard InChI is InChI=1S/C9H11N3O/c13-9(12-5-1-2-6-12)8-7-10-3-4-11-8/h3-4,7H,1-2,5-6H2. The van der Waals surface area contributed by atoms with Crippen molar-refractivity contribution < 1.29 is 4.79 Å². The van der Waals surface area contributed by atoms with Crippen molar-refractivity contribution in [2.24, 2.45) is 0 Å². The summed E-state index contributed by atoms with van der Waals surface area (Å²) in [6, 6.07) is 0. The lowest BCUT2D eigenvalue weighted by atomic mass is 10.4. The fourth-order valence-electron chi connectivity index (χ4n) is 1.49. The molecule has 13 heavy (non-hydrogen) atoms. The Labute approximate surface area is 76.6 Å². The molecule has 0 atom stereocenters. The molecule has 1 amide bonds. The Morgan fingerprint density at radius 3 is 2.69 bits per heavy atom. The van der Waals surface area contributed by atoms with Crippen molar-refractivity contribution >= 4 is 5.91 Å². The highest BCUT2D eigenvalue weighted by atomic mass is 16.2. The normalized spacial score (nSPS) is 16.2. The highest BCUT2D eigenvalue weighted by Crippen LogP contribution is 2.10. The molecule has 0 radical (unpaired) electrons. The molecule has 1 fully saturated rings. The van der Waals surface area contributed by atoms with Crippen LogP contribution in [0.3, 0.4) is 0 Å². The first kappa shape index (κ1) is 8.16. The molecule has 1 aliphatic heterocycles. The summed E-state index contributed by atoms with van der Waals surface area (Å²) in [5, 5.41) is 0. The van der Waals surface area contributed by atoms with E-state index >= 15 is 0 Å². The lowest BCUT2D eigenvalue weighted by Gasteiger charge is -2.13. The number of nitrogens with zero attached hydrogens (tertiary/aromatic N) is 3. The van der Waals surface area contributed by atoms with Crippen molar-refractivity contribution in [2.45, 2.75) is 12.8 Å². The number of carbonyl (C=O) groups is 1. The molecule has 0 spiro atoms. The largest absolute Gasteiger partial charge is 0.337 e. The first-order valence-corrected chi connectivity index (χ1v) is 4.43. The summed E-state index contributed by atoms with van der Waals surface area (Å²) in [7, 11) is 0. The fourth-order valence-corrected chi connectivity index (χ4v) is 1.49. The molecule has 2 rings (SSSR count). The van der Waals surface area contributed by atoms with Gasteiger partial charge in [0, 0.05) is 25.5 Å². The average molecular weight is 177 g/mol. The number of hydrogen-bond acceptors (Lipinski definition) is 3. The maximum Gasteiger partial charge on any atom is 0.274 e. The minimum atomic E-state index is 0.00519. The smallest absolute Gasteiger partial charge is 0.274 e. The molecular weight excluding hydrogens is 166 g/mol. The van der Waals surface area contributed by atoms with Crippen LogP contribution in [0.1, 0.15) is 23.3 Å². The van der Waals surface area contributed by atoms with Gasteiger partial charge in [-0.2, -0.15) is 0 Å². The van der Waals surface area contributed by atoms with Crippen molar-refractivity contribution in [3.8, 4) is 0 Å². The lowest BCUT2D eigenvalue weighted by Crippen LogP contribution is -2.28. The molecule has 1 saturated heterocycles. The number of rotatable bonds is 1. The van der Waals surface area contributed by atoms with Crippen LogP contribution in [0.25, 0.3) is 0 Å². The van der Waals surface area contributed by atoms with E-state index in [1.54, 1.807) is 12.4 Å². The summed E-state index contributed by atoms with van der Waals surface area (Å²) < 4.78 is 0. The van der Waals surface area contributed by atoms with E-state index in [4.69, 9.17) is 0 Å². The van der Waals surface area contributed by atoms with Gasteiger partial charge in [-0.05, 0) is 12.8 Å². The summed E-state index contributed by atoms with van der Waals surface area (Å²) in [6.45, 7) is 1.71. The molecule has 0 saturated carbocycles. The van der Waals surface area contributed by atoms with Gasteiger partial charge in [-0.3, -0.25) is 9.78 Å². The van der Waals surface area contributed by atoms with Crippen LogP contribution in [0, 0.1) is 0 Å². The Hall–Kier alpha value is -1.45. The van der Waals surface area contributed by atoms with Gasteiger partial charge in [0.15, 0.2) is 0 Å². The molecule has 0 unspecified atom stereocenters. The molecule has 1 aliphatic rings. The second kappa shape index (κ2) is 3.51. The summed E-state index contributed by atoms with van der Waals surface area (Å²) in [6.07, 6.45) is 6.84. The van der Waals surface area contributed by atoms with Gasteiger partial charge < -0.3 is 4.90 Å². The maximum absolute atomic E-state index is 11.7. The van der Waals surface area contributed by atoms with Crippen LogP contribution < -0.4 is 0 Å². The van der Waals surface area contributed by atoms with Crippen LogP contribution in [0.4, 0.5) is 0 Å². The lowest BCUT2D eigenvalue weighted by molar-refractivity contribution is 0.0786. The van der Waals surface area contributed by atoms with Gasteiger partial charge in [-0.25, -0.2) is 4.98 Å². The van der Waals surface area contributed by atoms with Crippen molar-refractivity contribution in [3.63, 3.8) is 0 Å². The average Bonchev–Trinajstić information content (AvgIpc) is 2.71. The van der Waals surface area contributed by atoms with E-state index < -0.39 is 0 Å². The summed E-state index contributed by atoms with van der Waals surface area (Å²) in [5.74, 6) is 0.00519. The Morgan fingerprint density at radius 1 is 1.31 bits per heavy atom. The molecule has 1 aromatic rings. The molecule has 0 N–H and O–H groups in total. The molecule has 0 aliphatic carbocycles. The third-order valence-corrected chi connectivity index (χ3v) is 2.18. The van der Waals surface area contributed by atoms with Crippen LogP contribution >= 0.6 is 0 Å². The van der Waals surface area contributed by atoms with Crippen LogP contribution in [0.5, 0.6) is 0 Å². The van der Waals surface area contributed by atoms with E-state index in [1.165, 1.54) is 6.20 Å². The van der Waals surface area contributed by atoms with Gasteiger partial charge in [0.25, 0.3) is 5.91 Å². The Balaban J connectivity index is 2.13. The first-order chi connectivity index (χ1) is 6.38. The monoisotopic (exact) mass is 177 g/mol. The van der Waals surface area contributed by atoms with Crippen LogP contribution in [-0.4, -0.2) is 33.9 Å². The second-order valence-corrected chi connectivity index (χ2v) is 3.09. The third-order valence-electron chi connectivity index (χ3n) is 2.18. The number of amides is 1. The number of aromatic nitrogens is 2. The van der Waals surface area contributed by atoms with Gasteiger partial charge in [-0.15, -0.1) is 0 Å². The molecule has 4 heteroatoms. The Kier molecular flexibility index (Phi) is 2.21. The van der Waals surface area contributed by atoms with Crippen LogP contribution in [0.2, 0.25) is 0 Å². The molecule has 2 heterocycles. The van der Waals surface area contributed by atoms with Crippen LogP contribution in [0.15, 0.2) is 18.6 Å². The third kappa shape index (κ3) is 1.66. The molecule has 0 aromatic carbocycles. The Bertz CT molecular complexity index is 293. The molecule has 4 nitrogen and oxygen atoms in total. The molecule has 68 valence electrons.